The molecule has 1 fully saturated rings. The molecular weight excluding hydrogens is 282 g/mol. The largest absolute Gasteiger partial charge is 0.497 e. The fourth-order valence-corrected chi connectivity index (χ4v) is 3.70. The molecule has 0 bridgehead atoms. The Hall–Kier alpha value is -1.76. The van der Waals surface area contributed by atoms with Gasteiger partial charge in [-0.15, -0.1) is 0 Å². The van der Waals surface area contributed by atoms with E-state index in [0.29, 0.717) is 29.2 Å². The minimum absolute atomic E-state index is 0.0129. The summed E-state index contributed by atoms with van der Waals surface area (Å²) in [5.41, 5.74) is 1.00. The molecule has 2 rings (SSSR count). The standard InChI is InChI=1S/C13H17NO5S/c1-9(14-15)12-4-3-10(18-2)7-13(12)19-11-5-6-20(16,17)8-11/h3-4,7,11,15H,5-6,8H2,1-2H3/b14-9+. The molecular formula is C13H17NO5S. The molecule has 20 heavy (non-hydrogen) atoms. The van der Waals surface area contributed by atoms with Crippen molar-refractivity contribution in [2.24, 2.45) is 5.16 Å². The van der Waals surface area contributed by atoms with Gasteiger partial charge in [-0.1, -0.05) is 5.16 Å². The van der Waals surface area contributed by atoms with Crippen LogP contribution >= 0.6 is 0 Å². The summed E-state index contributed by atoms with van der Waals surface area (Å²) in [6, 6.07) is 5.10. The Bertz CT molecular complexity index is 624. The second-order valence-electron chi connectivity index (χ2n) is 4.69. The number of nitrogens with zero attached hydrogens (tertiary/aromatic N) is 1. The van der Waals surface area contributed by atoms with E-state index in [4.69, 9.17) is 14.7 Å². The van der Waals surface area contributed by atoms with Gasteiger partial charge >= 0.3 is 0 Å². The van der Waals surface area contributed by atoms with E-state index in [0.717, 1.165) is 0 Å². The summed E-state index contributed by atoms with van der Waals surface area (Å²) in [7, 11) is -1.47. The van der Waals surface area contributed by atoms with Crippen LogP contribution in [0.1, 0.15) is 18.9 Å². The molecule has 1 heterocycles. The molecule has 1 aliphatic heterocycles. The van der Waals surface area contributed by atoms with Gasteiger partial charge < -0.3 is 14.7 Å². The minimum atomic E-state index is -3.01. The Kier molecular flexibility index (Phi) is 4.17. The van der Waals surface area contributed by atoms with Gasteiger partial charge in [0, 0.05) is 11.6 Å². The fourth-order valence-electron chi connectivity index (χ4n) is 2.11. The topological polar surface area (TPSA) is 85.2 Å². The Labute approximate surface area is 117 Å². The van der Waals surface area contributed by atoms with Crippen molar-refractivity contribution < 1.29 is 23.1 Å². The van der Waals surface area contributed by atoms with Gasteiger partial charge in [-0.2, -0.15) is 0 Å². The average Bonchev–Trinajstić information content (AvgIpc) is 2.77. The Morgan fingerprint density at radius 1 is 1.45 bits per heavy atom. The summed E-state index contributed by atoms with van der Waals surface area (Å²) in [5.74, 6) is 1.21. The molecule has 0 spiro atoms. The SMILES string of the molecule is COc1ccc(/C(C)=N/O)c(OC2CCS(=O)(=O)C2)c1. The quantitative estimate of drug-likeness (QED) is 0.517. The smallest absolute Gasteiger partial charge is 0.154 e. The monoisotopic (exact) mass is 299 g/mol. The predicted octanol–water partition coefficient (Wildman–Crippen LogP) is 1.46. The highest BCUT2D eigenvalue weighted by Crippen LogP contribution is 2.28. The third-order valence-corrected chi connectivity index (χ3v) is 4.95. The lowest BCUT2D eigenvalue weighted by Gasteiger charge is -2.16. The average molecular weight is 299 g/mol. The molecule has 0 amide bonds. The van der Waals surface area contributed by atoms with E-state index >= 15 is 0 Å². The van der Waals surface area contributed by atoms with Crippen LogP contribution in [-0.2, 0) is 9.84 Å². The molecule has 0 aromatic heterocycles. The number of sulfone groups is 1. The van der Waals surface area contributed by atoms with E-state index < -0.39 is 9.84 Å². The summed E-state index contributed by atoms with van der Waals surface area (Å²) in [6.45, 7) is 1.64. The molecule has 6 nitrogen and oxygen atoms in total. The van der Waals surface area contributed by atoms with Gasteiger partial charge in [-0.3, -0.25) is 0 Å². The summed E-state index contributed by atoms with van der Waals surface area (Å²) < 4.78 is 33.8. The molecule has 1 aromatic carbocycles. The van der Waals surface area contributed by atoms with Crippen molar-refractivity contribution in [1.82, 2.24) is 0 Å². The lowest BCUT2D eigenvalue weighted by molar-refractivity contribution is 0.227. The Morgan fingerprint density at radius 3 is 2.75 bits per heavy atom. The van der Waals surface area contributed by atoms with Gasteiger partial charge in [-0.05, 0) is 25.5 Å². The van der Waals surface area contributed by atoms with E-state index in [2.05, 4.69) is 5.16 Å². The predicted molar refractivity (Wildman–Crippen MR) is 74.7 cm³/mol. The zero-order valence-electron chi connectivity index (χ0n) is 11.4. The summed E-state index contributed by atoms with van der Waals surface area (Å²) >= 11 is 0. The highest BCUT2D eigenvalue weighted by Gasteiger charge is 2.30. The Morgan fingerprint density at radius 2 is 2.20 bits per heavy atom. The first-order chi connectivity index (χ1) is 9.45. The van der Waals surface area contributed by atoms with E-state index in [9.17, 15) is 8.42 Å². The molecule has 7 heteroatoms. The van der Waals surface area contributed by atoms with Crippen LogP contribution in [0.3, 0.4) is 0 Å². The molecule has 1 saturated heterocycles. The molecule has 1 aliphatic rings. The normalized spacial score (nSPS) is 21.7. The van der Waals surface area contributed by atoms with Crippen molar-refractivity contribution >= 4 is 15.5 Å². The minimum Gasteiger partial charge on any atom is -0.497 e. The lowest BCUT2D eigenvalue weighted by Crippen LogP contribution is -2.19. The highest BCUT2D eigenvalue weighted by molar-refractivity contribution is 7.91. The number of oxime groups is 1. The van der Waals surface area contributed by atoms with Gasteiger partial charge in [0.2, 0.25) is 0 Å². The first-order valence-electron chi connectivity index (χ1n) is 6.19. The second kappa shape index (κ2) is 5.70. The number of hydrogen-bond donors (Lipinski definition) is 1. The zero-order valence-corrected chi connectivity index (χ0v) is 12.2. The maximum Gasteiger partial charge on any atom is 0.154 e. The maximum absolute atomic E-state index is 11.5. The van der Waals surface area contributed by atoms with Crippen molar-refractivity contribution in [2.45, 2.75) is 19.4 Å². The van der Waals surface area contributed by atoms with E-state index in [1.165, 1.54) is 7.11 Å². The number of hydrogen-bond acceptors (Lipinski definition) is 6. The summed E-state index contributed by atoms with van der Waals surface area (Å²) in [4.78, 5) is 0. The highest BCUT2D eigenvalue weighted by atomic mass is 32.2. The van der Waals surface area contributed by atoms with Crippen molar-refractivity contribution in [3.63, 3.8) is 0 Å². The Balaban J connectivity index is 2.29. The molecule has 0 radical (unpaired) electrons. The van der Waals surface area contributed by atoms with Gasteiger partial charge in [0.25, 0.3) is 0 Å². The van der Waals surface area contributed by atoms with Crippen LogP contribution in [0.15, 0.2) is 23.4 Å². The van der Waals surface area contributed by atoms with Crippen LogP contribution in [-0.4, -0.2) is 44.1 Å². The number of benzene rings is 1. The van der Waals surface area contributed by atoms with Gasteiger partial charge in [0.15, 0.2) is 9.84 Å². The van der Waals surface area contributed by atoms with Crippen molar-refractivity contribution in [1.29, 1.82) is 0 Å². The molecule has 0 aliphatic carbocycles. The number of rotatable bonds is 4. The molecule has 1 N–H and O–H groups in total. The number of ether oxygens (including phenoxy) is 2. The number of methoxy groups -OCH3 is 1. The van der Waals surface area contributed by atoms with Crippen LogP contribution < -0.4 is 9.47 Å². The summed E-state index contributed by atoms with van der Waals surface area (Å²) in [5, 5.41) is 12.0. The molecule has 110 valence electrons. The van der Waals surface area contributed by atoms with Crippen LogP contribution in [0.4, 0.5) is 0 Å². The van der Waals surface area contributed by atoms with Crippen LogP contribution in [0.2, 0.25) is 0 Å². The first kappa shape index (κ1) is 14.6. The van der Waals surface area contributed by atoms with Gasteiger partial charge in [-0.25, -0.2) is 8.42 Å². The van der Waals surface area contributed by atoms with Crippen molar-refractivity contribution in [3.8, 4) is 11.5 Å². The van der Waals surface area contributed by atoms with E-state index in [1.807, 2.05) is 0 Å². The second-order valence-corrected chi connectivity index (χ2v) is 6.92. The van der Waals surface area contributed by atoms with Crippen molar-refractivity contribution in [3.05, 3.63) is 23.8 Å². The molecule has 1 unspecified atom stereocenters. The summed E-state index contributed by atoms with van der Waals surface area (Å²) in [6.07, 6.45) is 0.0891. The lowest BCUT2D eigenvalue weighted by atomic mass is 10.1. The maximum atomic E-state index is 11.5. The third kappa shape index (κ3) is 3.22. The van der Waals surface area contributed by atoms with Gasteiger partial charge in [0.1, 0.15) is 17.6 Å². The van der Waals surface area contributed by atoms with Crippen LogP contribution in [0.5, 0.6) is 11.5 Å². The first-order valence-corrected chi connectivity index (χ1v) is 8.01. The zero-order chi connectivity index (χ0) is 14.8. The third-order valence-electron chi connectivity index (χ3n) is 3.21. The molecule has 1 aromatic rings. The molecule has 0 saturated carbocycles. The fraction of sp³-hybridized carbons (Fsp3) is 0.462. The van der Waals surface area contributed by atoms with Crippen molar-refractivity contribution in [2.75, 3.05) is 18.6 Å². The van der Waals surface area contributed by atoms with Crippen LogP contribution in [0, 0.1) is 0 Å². The van der Waals surface area contributed by atoms with Gasteiger partial charge in [0.05, 0.1) is 24.3 Å². The molecule has 1 atom stereocenters. The van der Waals surface area contributed by atoms with E-state index in [-0.39, 0.29) is 17.6 Å². The van der Waals surface area contributed by atoms with E-state index in [1.54, 1.807) is 25.1 Å². The van der Waals surface area contributed by atoms with Crippen LogP contribution in [0.25, 0.3) is 0 Å².